The first-order chi connectivity index (χ1) is 17.1. The lowest BCUT2D eigenvalue weighted by Gasteiger charge is -2.19. The number of unbranched alkanes of at least 4 members (excludes halogenated alkanes) is 22. The third kappa shape index (κ3) is 26.3. The highest BCUT2D eigenvalue weighted by molar-refractivity contribution is 5.69. The Morgan fingerprint density at radius 1 is 0.543 bits per heavy atom. The average Bonchev–Trinajstić information content (AvgIpc) is 2.85. The Bertz CT molecular complexity index is 423. The molecule has 2 unspecified atom stereocenters. The number of hydrogen-bond donors (Lipinski definition) is 1. The van der Waals surface area contributed by atoms with Crippen LogP contribution in [0.2, 0.25) is 0 Å². The van der Waals surface area contributed by atoms with Crippen LogP contribution < -0.4 is 0 Å². The van der Waals surface area contributed by atoms with Crippen molar-refractivity contribution in [3.8, 4) is 0 Å². The van der Waals surface area contributed by atoms with E-state index in [1.165, 1.54) is 135 Å². The van der Waals surface area contributed by atoms with Crippen molar-refractivity contribution in [3.05, 3.63) is 0 Å². The average molecular weight is 497 g/mol. The van der Waals surface area contributed by atoms with Crippen molar-refractivity contribution in [2.75, 3.05) is 0 Å². The second-order valence-corrected chi connectivity index (χ2v) is 11.1. The summed E-state index contributed by atoms with van der Waals surface area (Å²) >= 11 is 0. The molecular formula is C32H64O3. The maximum atomic E-state index is 12.1. The van der Waals surface area contributed by atoms with Gasteiger partial charge in [0.05, 0.1) is 6.10 Å². The van der Waals surface area contributed by atoms with Crippen molar-refractivity contribution in [2.24, 2.45) is 0 Å². The largest absolute Gasteiger partial charge is 0.460 e. The molecule has 0 aromatic carbocycles. The molecule has 35 heavy (non-hydrogen) atoms. The van der Waals surface area contributed by atoms with Crippen molar-refractivity contribution >= 4 is 5.97 Å². The fourth-order valence-electron chi connectivity index (χ4n) is 4.88. The molecule has 0 fully saturated rings. The number of hydrogen-bond acceptors (Lipinski definition) is 3. The molecule has 0 aliphatic rings. The molecule has 0 saturated heterocycles. The van der Waals surface area contributed by atoms with Crippen LogP contribution in [-0.4, -0.2) is 23.3 Å². The predicted octanol–water partition coefficient (Wildman–Crippen LogP) is 10.5. The van der Waals surface area contributed by atoms with Crippen LogP contribution in [0.15, 0.2) is 0 Å². The number of aliphatic hydroxyl groups excluding tert-OH is 1. The van der Waals surface area contributed by atoms with Gasteiger partial charge in [-0.3, -0.25) is 4.79 Å². The summed E-state index contributed by atoms with van der Waals surface area (Å²) in [5.41, 5.74) is 0. The zero-order valence-electron chi connectivity index (χ0n) is 24.3. The standard InChI is InChI=1S/C32H64O3/c1-4-6-8-10-12-14-15-16-17-18-19-21-23-25-27-29-32(34)35-30(3)31(33)28-26-24-22-20-13-11-9-7-5-2/h30-31,33H,4-29H2,1-3H3. The minimum Gasteiger partial charge on any atom is -0.460 e. The van der Waals surface area contributed by atoms with Crippen molar-refractivity contribution < 1.29 is 14.6 Å². The fraction of sp³-hybridized carbons (Fsp3) is 0.969. The Hall–Kier alpha value is -0.570. The van der Waals surface area contributed by atoms with Crippen molar-refractivity contribution in [3.63, 3.8) is 0 Å². The molecule has 0 aromatic rings. The summed E-state index contributed by atoms with van der Waals surface area (Å²) in [5.74, 6) is -0.140. The number of carbonyl (C=O) groups is 1. The Morgan fingerprint density at radius 2 is 0.857 bits per heavy atom. The van der Waals surface area contributed by atoms with Crippen LogP contribution in [0.1, 0.15) is 188 Å². The maximum Gasteiger partial charge on any atom is 0.306 e. The second kappa shape index (κ2) is 28.0. The molecule has 0 amide bonds. The first kappa shape index (κ1) is 34.4. The van der Waals surface area contributed by atoms with Crippen LogP contribution >= 0.6 is 0 Å². The normalized spacial score (nSPS) is 13.1. The number of aliphatic hydroxyl groups is 1. The van der Waals surface area contributed by atoms with Gasteiger partial charge in [-0.05, 0) is 19.8 Å². The fourth-order valence-corrected chi connectivity index (χ4v) is 4.88. The van der Waals surface area contributed by atoms with Crippen molar-refractivity contribution in [2.45, 2.75) is 200 Å². The zero-order valence-corrected chi connectivity index (χ0v) is 24.3. The first-order valence-corrected chi connectivity index (χ1v) is 16.0. The van der Waals surface area contributed by atoms with Gasteiger partial charge in [0.1, 0.15) is 6.10 Å². The van der Waals surface area contributed by atoms with Crippen LogP contribution in [0.4, 0.5) is 0 Å². The highest BCUT2D eigenvalue weighted by Crippen LogP contribution is 2.16. The molecule has 0 rings (SSSR count). The lowest BCUT2D eigenvalue weighted by atomic mass is 10.0. The van der Waals surface area contributed by atoms with Gasteiger partial charge < -0.3 is 9.84 Å². The monoisotopic (exact) mass is 496 g/mol. The molecule has 0 aliphatic heterocycles. The number of carbonyl (C=O) groups excluding carboxylic acids is 1. The molecule has 3 heteroatoms. The van der Waals surface area contributed by atoms with Gasteiger partial charge in [0, 0.05) is 6.42 Å². The van der Waals surface area contributed by atoms with Crippen molar-refractivity contribution in [1.82, 2.24) is 0 Å². The molecule has 0 spiro atoms. The lowest BCUT2D eigenvalue weighted by molar-refractivity contribution is -0.154. The first-order valence-electron chi connectivity index (χ1n) is 16.0. The molecule has 0 bridgehead atoms. The smallest absolute Gasteiger partial charge is 0.306 e. The summed E-state index contributed by atoms with van der Waals surface area (Å²) in [6, 6.07) is 0. The van der Waals surface area contributed by atoms with Gasteiger partial charge in [-0.25, -0.2) is 0 Å². The highest BCUT2D eigenvalue weighted by atomic mass is 16.6. The summed E-state index contributed by atoms with van der Waals surface area (Å²) in [5, 5.41) is 10.3. The topological polar surface area (TPSA) is 46.5 Å². The van der Waals surface area contributed by atoms with Gasteiger partial charge in [-0.2, -0.15) is 0 Å². The van der Waals surface area contributed by atoms with Crippen LogP contribution in [0.5, 0.6) is 0 Å². The summed E-state index contributed by atoms with van der Waals surface area (Å²) in [7, 11) is 0. The second-order valence-electron chi connectivity index (χ2n) is 11.1. The quantitative estimate of drug-likeness (QED) is 0.0865. The van der Waals surface area contributed by atoms with E-state index in [0.29, 0.717) is 6.42 Å². The molecule has 0 aromatic heterocycles. The van der Waals surface area contributed by atoms with E-state index in [-0.39, 0.29) is 12.1 Å². The third-order valence-corrected chi connectivity index (χ3v) is 7.45. The molecule has 2 atom stereocenters. The Balaban J connectivity index is 3.41. The summed E-state index contributed by atoms with van der Waals surface area (Å²) < 4.78 is 5.48. The molecule has 0 saturated carbocycles. The van der Waals surface area contributed by atoms with Gasteiger partial charge in [0.2, 0.25) is 0 Å². The highest BCUT2D eigenvalue weighted by Gasteiger charge is 2.18. The van der Waals surface area contributed by atoms with Crippen LogP contribution in [-0.2, 0) is 9.53 Å². The predicted molar refractivity (Wildman–Crippen MR) is 153 cm³/mol. The zero-order chi connectivity index (χ0) is 25.8. The van der Waals surface area contributed by atoms with Crippen LogP contribution in [0.3, 0.4) is 0 Å². The van der Waals surface area contributed by atoms with E-state index in [1.54, 1.807) is 0 Å². The van der Waals surface area contributed by atoms with E-state index in [9.17, 15) is 9.90 Å². The van der Waals surface area contributed by atoms with E-state index in [1.807, 2.05) is 6.92 Å². The number of ether oxygens (including phenoxy) is 1. The number of rotatable bonds is 28. The van der Waals surface area contributed by atoms with Crippen LogP contribution in [0.25, 0.3) is 0 Å². The Kier molecular flexibility index (Phi) is 27.6. The molecule has 0 aliphatic carbocycles. The summed E-state index contributed by atoms with van der Waals surface area (Å²) in [6.45, 7) is 6.37. The van der Waals surface area contributed by atoms with Crippen molar-refractivity contribution in [1.29, 1.82) is 0 Å². The van der Waals surface area contributed by atoms with E-state index in [0.717, 1.165) is 25.7 Å². The summed E-state index contributed by atoms with van der Waals surface area (Å²) in [4.78, 5) is 12.1. The van der Waals surface area contributed by atoms with E-state index in [2.05, 4.69) is 13.8 Å². The molecular weight excluding hydrogens is 432 g/mol. The maximum absolute atomic E-state index is 12.1. The Morgan fingerprint density at radius 3 is 1.23 bits per heavy atom. The van der Waals surface area contributed by atoms with Gasteiger partial charge in [-0.15, -0.1) is 0 Å². The minimum absolute atomic E-state index is 0.140. The summed E-state index contributed by atoms with van der Waals surface area (Å²) in [6.07, 6.45) is 31.8. The lowest BCUT2D eigenvalue weighted by Crippen LogP contribution is -2.28. The Labute approximate surface area is 220 Å². The third-order valence-electron chi connectivity index (χ3n) is 7.45. The van der Waals surface area contributed by atoms with Gasteiger partial charge in [-0.1, -0.05) is 162 Å². The van der Waals surface area contributed by atoms with E-state index in [4.69, 9.17) is 4.74 Å². The van der Waals surface area contributed by atoms with E-state index < -0.39 is 6.10 Å². The number of esters is 1. The van der Waals surface area contributed by atoms with E-state index >= 15 is 0 Å². The van der Waals surface area contributed by atoms with Gasteiger partial charge in [0.25, 0.3) is 0 Å². The van der Waals surface area contributed by atoms with Gasteiger partial charge in [0.15, 0.2) is 0 Å². The molecule has 0 radical (unpaired) electrons. The minimum atomic E-state index is -0.524. The molecule has 3 nitrogen and oxygen atoms in total. The molecule has 0 heterocycles. The van der Waals surface area contributed by atoms with Gasteiger partial charge >= 0.3 is 5.97 Å². The SMILES string of the molecule is CCCCCCCCCCCCCCCCCC(=O)OC(C)C(O)CCCCCCCCCCC. The van der Waals surface area contributed by atoms with Crippen LogP contribution in [0, 0.1) is 0 Å². The molecule has 210 valence electrons. The molecule has 1 N–H and O–H groups in total.